The summed E-state index contributed by atoms with van der Waals surface area (Å²) in [6, 6.07) is 20.4. The summed E-state index contributed by atoms with van der Waals surface area (Å²) < 4.78 is 32.1. The number of hydrogen-bond acceptors (Lipinski definition) is 5. The van der Waals surface area contributed by atoms with Gasteiger partial charge in [-0.3, -0.25) is 0 Å². The van der Waals surface area contributed by atoms with E-state index in [-0.39, 0.29) is 11.6 Å². The van der Waals surface area contributed by atoms with Gasteiger partial charge in [-0.05, 0) is 41.1 Å². The van der Waals surface area contributed by atoms with E-state index in [0.717, 1.165) is 10.4 Å². The van der Waals surface area contributed by atoms with Crippen molar-refractivity contribution in [3.8, 4) is 0 Å². The summed E-state index contributed by atoms with van der Waals surface area (Å²) in [5.74, 6) is 0. The minimum atomic E-state index is -3.67. The molecule has 7 heteroatoms. The van der Waals surface area contributed by atoms with Crippen molar-refractivity contribution in [2.24, 2.45) is 0 Å². The summed E-state index contributed by atoms with van der Waals surface area (Å²) in [7, 11) is -6.52. The van der Waals surface area contributed by atoms with Gasteiger partial charge < -0.3 is 14.6 Å². The molecule has 0 bridgehead atoms. The molecule has 0 saturated heterocycles. The highest BCUT2D eigenvalue weighted by Gasteiger charge is 2.70. The van der Waals surface area contributed by atoms with Crippen LogP contribution in [0.4, 0.5) is 0 Å². The van der Waals surface area contributed by atoms with Gasteiger partial charge in [0, 0.05) is 0 Å². The zero-order valence-corrected chi connectivity index (χ0v) is 20.9. The molecule has 0 radical (unpaired) electrons. The first kappa shape index (κ1) is 23.6. The van der Waals surface area contributed by atoms with Crippen LogP contribution in [0.1, 0.15) is 46.5 Å². The van der Waals surface area contributed by atoms with Crippen molar-refractivity contribution >= 4 is 28.5 Å². The second-order valence-corrected chi connectivity index (χ2v) is 17.4. The normalized spacial score (nSPS) is 20.5. The fraction of sp³-hybridized carbons (Fsp3) is 0.520. The topological polar surface area (TPSA) is 83.8 Å². The van der Waals surface area contributed by atoms with Crippen LogP contribution in [0, 0.1) is 0 Å². The summed E-state index contributed by atoms with van der Waals surface area (Å²) in [4.78, 5) is 0. The van der Waals surface area contributed by atoms with Crippen LogP contribution in [0.2, 0.25) is 5.04 Å². The lowest BCUT2D eigenvalue weighted by Gasteiger charge is -2.44. The molecule has 0 aliphatic heterocycles. The molecule has 174 valence electrons. The number of hydrogen-bond donors (Lipinski definition) is 2. The van der Waals surface area contributed by atoms with E-state index in [1.54, 1.807) is 0 Å². The SMILES string of the molecule is CC(C)(C)[Si](OCC1(S(=O)(=O)C2(C(O)CO)CC2)CC1)(c1ccccc1)c1ccccc1. The molecule has 32 heavy (non-hydrogen) atoms. The third-order valence-electron chi connectivity index (χ3n) is 7.40. The van der Waals surface area contributed by atoms with Crippen LogP contribution < -0.4 is 10.4 Å². The molecule has 2 aromatic carbocycles. The van der Waals surface area contributed by atoms with Gasteiger partial charge in [-0.1, -0.05) is 81.4 Å². The monoisotopic (exact) mass is 474 g/mol. The third-order valence-corrected chi connectivity index (χ3v) is 15.8. The molecule has 2 aliphatic rings. The molecule has 1 atom stereocenters. The van der Waals surface area contributed by atoms with Crippen molar-refractivity contribution in [2.75, 3.05) is 13.2 Å². The number of benzene rings is 2. The lowest BCUT2D eigenvalue weighted by atomic mass is 10.2. The van der Waals surface area contributed by atoms with Crippen LogP contribution in [0.25, 0.3) is 0 Å². The first-order valence-electron chi connectivity index (χ1n) is 11.3. The molecule has 2 aliphatic carbocycles. The quantitative estimate of drug-likeness (QED) is 0.545. The van der Waals surface area contributed by atoms with Gasteiger partial charge in [0.15, 0.2) is 9.84 Å². The fourth-order valence-corrected chi connectivity index (χ4v) is 12.7. The Balaban J connectivity index is 1.75. The smallest absolute Gasteiger partial charge is 0.261 e. The van der Waals surface area contributed by atoms with Crippen molar-refractivity contribution in [3.63, 3.8) is 0 Å². The van der Waals surface area contributed by atoms with Crippen molar-refractivity contribution in [1.82, 2.24) is 0 Å². The van der Waals surface area contributed by atoms with Crippen LogP contribution in [0.15, 0.2) is 60.7 Å². The Morgan fingerprint density at radius 1 is 0.938 bits per heavy atom. The molecular weight excluding hydrogens is 440 g/mol. The van der Waals surface area contributed by atoms with E-state index >= 15 is 0 Å². The first-order chi connectivity index (χ1) is 15.1. The minimum absolute atomic E-state index is 0.114. The van der Waals surface area contributed by atoms with E-state index in [0.29, 0.717) is 25.7 Å². The van der Waals surface area contributed by atoms with Gasteiger partial charge in [-0.2, -0.15) is 0 Å². The molecule has 5 nitrogen and oxygen atoms in total. The Morgan fingerprint density at radius 2 is 1.41 bits per heavy atom. The number of sulfone groups is 1. The van der Waals surface area contributed by atoms with Gasteiger partial charge in [0.1, 0.15) is 4.75 Å². The van der Waals surface area contributed by atoms with Crippen molar-refractivity contribution < 1.29 is 23.1 Å². The summed E-state index contributed by atoms with van der Waals surface area (Å²) in [6.45, 7) is 6.09. The standard InChI is InChI=1S/C25H34O5SSi/c1-23(2,3)32(20-10-6-4-7-11-20,21-12-8-5-9-13-21)30-19-24(14-15-24)31(28,29)25(16-17-25)22(27)18-26/h4-13,22,26-27H,14-19H2,1-3H3. The first-order valence-corrected chi connectivity index (χ1v) is 14.7. The Bertz CT molecular complexity index is 999. The molecule has 2 fully saturated rings. The summed E-state index contributed by atoms with van der Waals surface area (Å²) in [5, 5.41) is 21.8. The Hall–Kier alpha value is -1.51. The highest BCUT2D eigenvalue weighted by atomic mass is 32.2. The molecule has 0 heterocycles. The molecule has 2 saturated carbocycles. The summed E-state index contributed by atoms with van der Waals surface area (Å²) in [6.07, 6.45) is 0.634. The summed E-state index contributed by atoms with van der Waals surface area (Å²) >= 11 is 0. The number of aliphatic hydroxyl groups excluding tert-OH is 2. The van der Waals surface area contributed by atoms with Crippen LogP contribution >= 0.6 is 0 Å². The van der Waals surface area contributed by atoms with E-state index in [4.69, 9.17) is 4.43 Å². The lowest BCUT2D eigenvalue weighted by molar-refractivity contribution is 0.0846. The highest BCUT2D eigenvalue weighted by Crippen LogP contribution is 2.58. The molecule has 2 aromatic rings. The predicted molar refractivity (Wildman–Crippen MR) is 130 cm³/mol. The van der Waals surface area contributed by atoms with E-state index in [9.17, 15) is 18.6 Å². The lowest BCUT2D eigenvalue weighted by Crippen LogP contribution is -2.67. The average Bonchev–Trinajstić information content (AvgIpc) is 3.69. The summed E-state index contributed by atoms with van der Waals surface area (Å²) in [5.41, 5.74) is 0. The van der Waals surface area contributed by atoms with Gasteiger partial charge in [0.2, 0.25) is 0 Å². The zero-order chi connectivity index (χ0) is 23.3. The average molecular weight is 475 g/mol. The van der Waals surface area contributed by atoms with Gasteiger partial charge >= 0.3 is 0 Å². The minimum Gasteiger partial charge on any atom is -0.406 e. The highest BCUT2D eigenvalue weighted by molar-refractivity contribution is 7.94. The second kappa shape index (κ2) is 8.06. The van der Waals surface area contributed by atoms with E-state index < -0.39 is 40.4 Å². The van der Waals surface area contributed by atoms with Crippen LogP contribution in [0.3, 0.4) is 0 Å². The fourth-order valence-electron chi connectivity index (χ4n) is 5.13. The van der Waals surface area contributed by atoms with Gasteiger partial charge in [0.25, 0.3) is 8.32 Å². The van der Waals surface area contributed by atoms with Crippen molar-refractivity contribution in [3.05, 3.63) is 60.7 Å². The largest absolute Gasteiger partial charge is 0.406 e. The molecular formula is C25H34O5SSi. The van der Waals surface area contributed by atoms with E-state index in [1.807, 2.05) is 36.4 Å². The number of aliphatic hydroxyl groups is 2. The predicted octanol–water partition coefficient (Wildman–Crippen LogP) is 2.40. The molecule has 0 spiro atoms. The molecule has 0 amide bonds. The number of rotatable bonds is 9. The maximum absolute atomic E-state index is 13.7. The maximum Gasteiger partial charge on any atom is 0.261 e. The Morgan fingerprint density at radius 3 is 1.75 bits per heavy atom. The van der Waals surface area contributed by atoms with Crippen LogP contribution in [-0.4, -0.2) is 55.8 Å². The van der Waals surface area contributed by atoms with Crippen molar-refractivity contribution in [2.45, 2.75) is 67.1 Å². The Kier molecular flexibility index (Phi) is 5.95. The molecule has 1 unspecified atom stereocenters. The van der Waals surface area contributed by atoms with Crippen molar-refractivity contribution in [1.29, 1.82) is 0 Å². The zero-order valence-electron chi connectivity index (χ0n) is 19.1. The molecule has 0 aromatic heterocycles. The van der Waals surface area contributed by atoms with Gasteiger partial charge in [-0.15, -0.1) is 0 Å². The van der Waals surface area contributed by atoms with Crippen LogP contribution in [-0.2, 0) is 14.3 Å². The van der Waals surface area contributed by atoms with Gasteiger partial charge in [-0.25, -0.2) is 8.42 Å². The van der Waals surface area contributed by atoms with E-state index in [2.05, 4.69) is 45.0 Å². The molecule has 4 rings (SSSR count). The third kappa shape index (κ3) is 3.49. The molecule has 2 N–H and O–H groups in total. The van der Waals surface area contributed by atoms with E-state index in [1.165, 1.54) is 0 Å². The van der Waals surface area contributed by atoms with Gasteiger partial charge in [0.05, 0.1) is 24.1 Å². The Labute approximate surface area is 192 Å². The second-order valence-electron chi connectivity index (χ2n) is 10.4. The van der Waals surface area contributed by atoms with Crippen LogP contribution in [0.5, 0.6) is 0 Å². The maximum atomic E-state index is 13.7.